The second kappa shape index (κ2) is 6.08. The van der Waals surface area contributed by atoms with E-state index in [0.29, 0.717) is 10.6 Å². The molecule has 0 saturated heterocycles. The topological polar surface area (TPSA) is 71.2 Å². The van der Waals surface area contributed by atoms with Gasteiger partial charge in [-0.15, -0.1) is 0 Å². The van der Waals surface area contributed by atoms with Crippen LogP contribution in [0.2, 0.25) is 0 Å². The highest BCUT2D eigenvalue weighted by atomic mass is 19.4. The third kappa shape index (κ3) is 4.37. The molecule has 0 saturated carbocycles. The molecule has 0 spiro atoms. The number of hydrogen-bond donors (Lipinski definition) is 2. The maximum absolute atomic E-state index is 12.3. The Hall–Kier alpha value is -1.83. The molecule has 0 unspecified atom stereocenters. The summed E-state index contributed by atoms with van der Waals surface area (Å²) in [6, 6.07) is 2.79. The molecule has 3 N–H and O–H groups in total. The number of nitrogens with zero attached hydrogens (tertiary/aromatic N) is 2. The summed E-state index contributed by atoms with van der Waals surface area (Å²) in [4.78, 5) is 16.7. The van der Waals surface area contributed by atoms with E-state index in [-0.39, 0.29) is 17.3 Å². The first-order chi connectivity index (χ1) is 9.14. The van der Waals surface area contributed by atoms with Crippen molar-refractivity contribution in [3.63, 3.8) is 0 Å². The van der Waals surface area contributed by atoms with Crippen LogP contribution in [0.3, 0.4) is 0 Å². The normalized spacial score (nSPS) is 11.6. The van der Waals surface area contributed by atoms with Crippen molar-refractivity contribution in [1.82, 2.24) is 9.88 Å². The number of pyridine rings is 1. The maximum Gasteiger partial charge on any atom is 0.406 e. The first kappa shape index (κ1) is 16.2. The van der Waals surface area contributed by atoms with Gasteiger partial charge in [0.1, 0.15) is 12.4 Å². The number of carbonyl (C=O) groups excluding carboxylic acids is 1. The molecule has 1 aromatic heterocycles. The van der Waals surface area contributed by atoms with Gasteiger partial charge in [-0.3, -0.25) is 4.79 Å². The summed E-state index contributed by atoms with van der Waals surface area (Å²) in [6.07, 6.45) is -4.44. The Morgan fingerprint density at radius 2 is 2.05 bits per heavy atom. The molecule has 0 aliphatic rings. The van der Waals surface area contributed by atoms with Gasteiger partial charge in [0.2, 0.25) is 0 Å². The van der Waals surface area contributed by atoms with E-state index in [1.54, 1.807) is 0 Å². The van der Waals surface area contributed by atoms with Gasteiger partial charge in [-0.25, -0.2) is 10.8 Å². The molecule has 1 heterocycles. The average molecular weight is 290 g/mol. The Morgan fingerprint density at radius 1 is 1.45 bits per heavy atom. The number of rotatable bonds is 4. The standard InChI is InChI=1S/C12H17F3N4O/c1-7(2)9-4-8(5-10(17-9)18-16)11(20)19(3)6-12(13,14)15/h4-5,7H,6,16H2,1-3H3,(H,17,18). The van der Waals surface area contributed by atoms with E-state index < -0.39 is 18.6 Å². The maximum atomic E-state index is 12.3. The van der Waals surface area contributed by atoms with E-state index in [1.165, 1.54) is 12.1 Å². The zero-order chi connectivity index (χ0) is 15.5. The Morgan fingerprint density at radius 3 is 2.50 bits per heavy atom. The predicted molar refractivity (Wildman–Crippen MR) is 69.2 cm³/mol. The minimum atomic E-state index is -4.44. The first-order valence-electron chi connectivity index (χ1n) is 5.95. The van der Waals surface area contributed by atoms with Crippen LogP contribution in [0.15, 0.2) is 12.1 Å². The van der Waals surface area contributed by atoms with Crippen LogP contribution in [0.4, 0.5) is 19.0 Å². The van der Waals surface area contributed by atoms with Crippen LogP contribution in [0.5, 0.6) is 0 Å². The molecule has 1 aromatic rings. The van der Waals surface area contributed by atoms with E-state index in [2.05, 4.69) is 10.4 Å². The Kier molecular flexibility index (Phi) is 4.93. The third-order valence-corrected chi connectivity index (χ3v) is 2.59. The number of aromatic nitrogens is 1. The molecule has 0 fully saturated rings. The van der Waals surface area contributed by atoms with Gasteiger partial charge in [0, 0.05) is 18.3 Å². The van der Waals surface area contributed by atoms with E-state index in [1.807, 2.05) is 13.8 Å². The fourth-order valence-corrected chi connectivity index (χ4v) is 1.61. The molecular formula is C12H17F3N4O. The third-order valence-electron chi connectivity index (χ3n) is 2.59. The van der Waals surface area contributed by atoms with E-state index >= 15 is 0 Å². The van der Waals surface area contributed by atoms with Crippen LogP contribution in [0, 0.1) is 0 Å². The summed E-state index contributed by atoms with van der Waals surface area (Å²) < 4.78 is 36.9. The number of hydrazine groups is 1. The van der Waals surface area contributed by atoms with Crippen molar-refractivity contribution in [1.29, 1.82) is 0 Å². The lowest BCUT2D eigenvalue weighted by Gasteiger charge is -2.20. The van der Waals surface area contributed by atoms with Gasteiger partial charge in [0.05, 0.1) is 0 Å². The lowest BCUT2D eigenvalue weighted by molar-refractivity contribution is -0.138. The number of nitrogen functional groups attached to an aromatic ring is 1. The molecule has 112 valence electrons. The Balaban J connectivity index is 3.06. The van der Waals surface area contributed by atoms with Crippen LogP contribution < -0.4 is 11.3 Å². The van der Waals surface area contributed by atoms with Gasteiger partial charge in [0.25, 0.3) is 5.91 Å². The zero-order valence-corrected chi connectivity index (χ0v) is 11.5. The number of carbonyl (C=O) groups is 1. The molecule has 1 amide bonds. The van der Waals surface area contributed by atoms with Crippen molar-refractivity contribution in [2.45, 2.75) is 25.9 Å². The molecule has 20 heavy (non-hydrogen) atoms. The summed E-state index contributed by atoms with van der Waals surface area (Å²) in [5, 5.41) is 0. The van der Waals surface area contributed by atoms with Gasteiger partial charge in [-0.05, 0) is 18.1 Å². The molecule has 5 nitrogen and oxygen atoms in total. The molecule has 0 radical (unpaired) electrons. The molecule has 0 aromatic carbocycles. The van der Waals surface area contributed by atoms with Crippen molar-refractivity contribution in [2.24, 2.45) is 5.84 Å². The van der Waals surface area contributed by atoms with Crippen molar-refractivity contribution in [2.75, 3.05) is 19.0 Å². The zero-order valence-electron chi connectivity index (χ0n) is 11.5. The Labute approximate surface area is 114 Å². The van der Waals surface area contributed by atoms with E-state index in [9.17, 15) is 18.0 Å². The highest BCUT2D eigenvalue weighted by molar-refractivity contribution is 5.94. The number of anilines is 1. The van der Waals surface area contributed by atoms with E-state index in [0.717, 1.165) is 7.05 Å². The van der Waals surface area contributed by atoms with Crippen molar-refractivity contribution >= 4 is 11.7 Å². The fourth-order valence-electron chi connectivity index (χ4n) is 1.61. The van der Waals surface area contributed by atoms with E-state index in [4.69, 9.17) is 5.84 Å². The monoisotopic (exact) mass is 290 g/mol. The van der Waals surface area contributed by atoms with Gasteiger partial charge >= 0.3 is 6.18 Å². The number of nitrogens with one attached hydrogen (secondary N) is 1. The molecule has 8 heteroatoms. The number of hydrogen-bond acceptors (Lipinski definition) is 4. The number of alkyl halides is 3. The number of halogens is 3. The largest absolute Gasteiger partial charge is 0.406 e. The van der Waals surface area contributed by atoms with Crippen LogP contribution >= 0.6 is 0 Å². The quantitative estimate of drug-likeness (QED) is 0.658. The van der Waals surface area contributed by atoms with Crippen molar-refractivity contribution in [3.05, 3.63) is 23.4 Å². The SMILES string of the molecule is CC(C)c1cc(C(=O)N(C)CC(F)(F)F)cc(NN)n1. The summed E-state index contributed by atoms with van der Waals surface area (Å²) in [5.41, 5.74) is 2.99. The summed E-state index contributed by atoms with van der Waals surface area (Å²) >= 11 is 0. The molecule has 0 aliphatic heterocycles. The minimum absolute atomic E-state index is 0.0165. The first-order valence-corrected chi connectivity index (χ1v) is 5.95. The molecule has 0 bridgehead atoms. The summed E-state index contributed by atoms with van der Waals surface area (Å²) in [7, 11) is 1.10. The van der Waals surface area contributed by atoms with Gasteiger partial charge < -0.3 is 10.3 Å². The van der Waals surface area contributed by atoms with Gasteiger partial charge in [0.15, 0.2) is 0 Å². The summed E-state index contributed by atoms with van der Waals surface area (Å²) in [5.74, 6) is 4.77. The highest BCUT2D eigenvalue weighted by Gasteiger charge is 2.31. The lowest BCUT2D eigenvalue weighted by atomic mass is 10.1. The van der Waals surface area contributed by atoms with Gasteiger partial charge in [-0.2, -0.15) is 13.2 Å². The number of nitrogens with two attached hydrogens (primary N) is 1. The van der Waals surface area contributed by atoms with Crippen LogP contribution in [0.1, 0.15) is 35.8 Å². The molecular weight excluding hydrogens is 273 g/mol. The minimum Gasteiger partial charge on any atom is -0.333 e. The van der Waals surface area contributed by atoms with Crippen molar-refractivity contribution in [3.8, 4) is 0 Å². The Bertz CT molecular complexity index is 488. The number of amides is 1. The molecule has 0 atom stereocenters. The summed E-state index contributed by atoms with van der Waals surface area (Å²) in [6.45, 7) is 2.41. The van der Waals surface area contributed by atoms with Crippen LogP contribution in [-0.2, 0) is 0 Å². The van der Waals surface area contributed by atoms with Crippen LogP contribution in [0.25, 0.3) is 0 Å². The second-order valence-corrected chi connectivity index (χ2v) is 4.74. The molecule has 1 rings (SSSR count). The fraction of sp³-hybridized carbons (Fsp3) is 0.500. The average Bonchev–Trinajstić information content (AvgIpc) is 2.35. The highest BCUT2D eigenvalue weighted by Crippen LogP contribution is 2.20. The van der Waals surface area contributed by atoms with Crippen molar-refractivity contribution < 1.29 is 18.0 Å². The second-order valence-electron chi connectivity index (χ2n) is 4.74. The lowest BCUT2D eigenvalue weighted by Crippen LogP contribution is -2.36. The predicted octanol–water partition coefficient (Wildman–Crippen LogP) is 2.12. The molecule has 0 aliphatic carbocycles. The van der Waals surface area contributed by atoms with Gasteiger partial charge in [-0.1, -0.05) is 13.8 Å². The smallest absolute Gasteiger partial charge is 0.333 e. The van der Waals surface area contributed by atoms with Crippen LogP contribution in [-0.4, -0.2) is 35.6 Å².